The third-order valence-electron chi connectivity index (χ3n) is 8.17. The number of fused-ring (bicyclic) bond motifs is 1. The summed E-state index contributed by atoms with van der Waals surface area (Å²) in [5.74, 6) is -0.456. The average Bonchev–Trinajstić information content (AvgIpc) is 3.49. The molecule has 188 valence electrons. The highest BCUT2D eigenvalue weighted by Gasteiger charge is 2.58. The lowest BCUT2D eigenvalue weighted by atomic mass is 9.62. The molecular weight excluding hydrogens is 459 g/mol. The third-order valence-corrected chi connectivity index (χ3v) is 8.17. The predicted molar refractivity (Wildman–Crippen MR) is 126 cm³/mol. The van der Waals surface area contributed by atoms with E-state index in [0.29, 0.717) is 37.5 Å². The molecule has 1 aromatic rings. The molecule has 3 aliphatic heterocycles. The quantitative estimate of drug-likeness (QED) is 0.644. The molecule has 6 rings (SSSR count). The molecule has 3 fully saturated rings. The molecule has 0 bridgehead atoms. The molecule has 2 aliphatic carbocycles. The second-order valence-corrected chi connectivity index (χ2v) is 10.6. The molecule has 3 atom stereocenters. The van der Waals surface area contributed by atoms with Gasteiger partial charge in [0, 0.05) is 18.3 Å². The van der Waals surface area contributed by atoms with Crippen LogP contribution in [0, 0.1) is 11.8 Å². The summed E-state index contributed by atoms with van der Waals surface area (Å²) in [4.78, 5) is 21.4. The number of aliphatic imine (C=N–C) groups is 4. The van der Waals surface area contributed by atoms with E-state index in [4.69, 9.17) is 24.7 Å². The Morgan fingerprint density at radius 3 is 2.60 bits per heavy atom. The summed E-state index contributed by atoms with van der Waals surface area (Å²) < 4.78 is 48.0. The summed E-state index contributed by atoms with van der Waals surface area (Å²) in [5.41, 5.74) is 1.75. The van der Waals surface area contributed by atoms with Crippen molar-refractivity contribution in [2.45, 2.75) is 76.4 Å². The average molecular weight is 490 g/mol. The summed E-state index contributed by atoms with van der Waals surface area (Å²) in [6.07, 6.45) is 2.01. The predicted octanol–water partition coefficient (Wildman–Crippen LogP) is 4.01. The van der Waals surface area contributed by atoms with Crippen molar-refractivity contribution in [1.82, 2.24) is 14.7 Å². The van der Waals surface area contributed by atoms with Crippen molar-refractivity contribution in [3.8, 4) is 0 Å². The SMILES string of the molecule is CC1=NC2=NC(N3CCO[C@@H](c4cnn(C5CC5)c4)C3)=NC(C)([C@H]3C[C@H](C(F)(F)F)C3)C2N=C1C. The van der Waals surface area contributed by atoms with Crippen LogP contribution in [0.2, 0.25) is 0 Å². The van der Waals surface area contributed by atoms with Gasteiger partial charge in [0.2, 0.25) is 5.96 Å². The highest BCUT2D eigenvalue weighted by molar-refractivity contribution is 6.44. The number of guanidine groups is 1. The molecule has 0 amide bonds. The van der Waals surface area contributed by atoms with Crippen molar-refractivity contribution in [3.63, 3.8) is 0 Å². The number of morpholine rings is 1. The molecule has 2 unspecified atom stereocenters. The maximum Gasteiger partial charge on any atom is 0.391 e. The van der Waals surface area contributed by atoms with Crippen LogP contribution in [-0.4, -0.2) is 75.4 Å². The van der Waals surface area contributed by atoms with E-state index in [-0.39, 0.29) is 24.9 Å². The van der Waals surface area contributed by atoms with Gasteiger partial charge in [-0.25, -0.2) is 9.98 Å². The van der Waals surface area contributed by atoms with Crippen LogP contribution in [0.5, 0.6) is 0 Å². The summed E-state index contributed by atoms with van der Waals surface area (Å²) in [5, 5.41) is 4.49. The summed E-state index contributed by atoms with van der Waals surface area (Å²) in [7, 11) is 0. The number of halogens is 3. The standard InChI is InChI=1S/C24H30F3N7O/c1-13-14(2)30-21-20(29-13)23(3,16-8-17(9-16)24(25,26)27)32-22(31-21)33-6-7-35-19(12-33)15-10-28-34(11-15)18-4-5-18/h10-11,16-20H,4-9,12H2,1-3H3/t16-,17-,19-,20?,23?/m1/s1. The normalized spacial score (nSPS) is 35.4. The number of nitrogens with zero attached hydrogens (tertiary/aromatic N) is 7. The van der Waals surface area contributed by atoms with Gasteiger partial charge in [-0.15, -0.1) is 0 Å². The molecule has 4 heterocycles. The van der Waals surface area contributed by atoms with Crippen LogP contribution in [0.1, 0.15) is 64.2 Å². The zero-order valence-corrected chi connectivity index (χ0v) is 20.2. The smallest absolute Gasteiger partial charge is 0.370 e. The second-order valence-electron chi connectivity index (χ2n) is 10.6. The number of aromatic nitrogens is 2. The fourth-order valence-corrected chi connectivity index (χ4v) is 5.45. The highest BCUT2D eigenvalue weighted by atomic mass is 19.4. The van der Waals surface area contributed by atoms with E-state index < -0.39 is 23.7 Å². The van der Waals surface area contributed by atoms with Crippen molar-refractivity contribution in [2.75, 3.05) is 19.7 Å². The van der Waals surface area contributed by atoms with Crippen LogP contribution in [0.4, 0.5) is 13.2 Å². The molecule has 1 aromatic heterocycles. The second kappa shape index (κ2) is 7.97. The van der Waals surface area contributed by atoms with Crippen molar-refractivity contribution in [3.05, 3.63) is 18.0 Å². The Balaban J connectivity index is 1.29. The number of rotatable bonds is 3. The van der Waals surface area contributed by atoms with Crippen molar-refractivity contribution < 1.29 is 17.9 Å². The van der Waals surface area contributed by atoms with Crippen LogP contribution < -0.4 is 0 Å². The third kappa shape index (κ3) is 4.01. The van der Waals surface area contributed by atoms with Gasteiger partial charge in [-0.3, -0.25) is 9.67 Å². The lowest BCUT2D eigenvalue weighted by Gasteiger charge is -2.49. The van der Waals surface area contributed by atoms with Crippen LogP contribution in [0.3, 0.4) is 0 Å². The number of amidine groups is 1. The summed E-state index contributed by atoms with van der Waals surface area (Å²) in [6.45, 7) is 7.34. The molecule has 0 N–H and O–H groups in total. The molecule has 0 spiro atoms. The van der Waals surface area contributed by atoms with Crippen LogP contribution in [0.15, 0.2) is 32.4 Å². The highest BCUT2D eigenvalue weighted by Crippen LogP contribution is 2.52. The number of hydrogen-bond acceptors (Lipinski definition) is 7. The summed E-state index contributed by atoms with van der Waals surface area (Å²) in [6, 6.07) is 0.0253. The molecule has 8 nitrogen and oxygen atoms in total. The van der Waals surface area contributed by atoms with Crippen LogP contribution in [-0.2, 0) is 4.74 Å². The van der Waals surface area contributed by atoms with Crippen molar-refractivity contribution >= 4 is 23.2 Å². The Kier molecular flexibility index (Phi) is 5.21. The van der Waals surface area contributed by atoms with E-state index in [1.165, 1.54) is 0 Å². The molecule has 2 saturated carbocycles. The number of ether oxygens (including phenoxy) is 1. The van der Waals surface area contributed by atoms with Crippen LogP contribution in [0.25, 0.3) is 0 Å². The molecule has 11 heteroatoms. The maximum atomic E-state index is 13.3. The number of alkyl halides is 3. The topological polar surface area (TPSA) is 79.7 Å². The van der Waals surface area contributed by atoms with E-state index >= 15 is 0 Å². The molecular formula is C24H30F3N7O. The van der Waals surface area contributed by atoms with Gasteiger partial charge in [-0.2, -0.15) is 23.3 Å². The molecule has 5 aliphatic rings. The van der Waals surface area contributed by atoms with Gasteiger partial charge in [0.25, 0.3) is 0 Å². The van der Waals surface area contributed by atoms with Crippen molar-refractivity contribution in [1.29, 1.82) is 0 Å². The van der Waals surface area contributed by atoms with Gasteiger partial charge in [-0.05, 0) is 52.4 Å². The molecule has 0 aromatic carbocycles. The Morgan fingerprint density at radius 1 is 1.11 bits per heavy atom. The van der Waals surface area contributed by atoms with Gasteiger partial charge >= 0.3 is 6.18 Å². The largest absolute Gasteiger partial charge is 0.391 e. The van der Waals surface area contributed by atoms with E-state index in [0.717, 1.165) is 29.8 Å². The maximum absolute atomic E-state index is 13.3. The fourth-order valence-electron chi connectivity index (χ4n) is 5.45. The van der Waals surface area contributed by atoms with Gasteiger partial charge in [0.1, 0.15) is 12.1 Å². The molecule has 0 radical (unpaired) electrons. The van der Waals surface area contributed by atoms with Gasteiger partial charge in [0.05, 0.1) is 48.3 Å². The minimum Gasteiger partial charge on any atom is -0.370 e. The fraction of sp³-hybridized carbons (Fsp3) is 0.708. The number of hydrogen-bond donors (Lipinski definition) is 0. The zero-order chi connectivity index (χ0) is 24.5. The van der Waals surface area contributed by atoms with Crippen molar-refractivity contribution in [2.24, 2.45) is 31.8 Å². The zero-order valence-electron chi connectivity index (χ0n) is 20.2. The van der Waals surface area contributed by atoms with Gasteiger partial charge < -0.3 is 9.64 Å². The first kappa shape index (κ1) is 22.9. The molecule has 1 saturated heterocycles. The van der Waals surface area contributed by atoms with Crippen LogP contribution >= 0.6 is 0 Å². The lowest BCUT2D eigenvalue weighted by Crippen LogP contribution is -2.58. The first-order valence-electron chi connectivity index (χ1n) is 12.4. The first-order valence-corrected chi connectivity index (χ1v) is 12.4. The van der Waals surface area contributed by atoms with E-state index in [2.05, 4.69) is 16.2 Å². The Bertz CT molecular complexity index is 1140. The Morgan fingerprint density at radius 2 is 1.89 bits per heavy atom. The van der Waals surface area contributed by atoms with Gasteiger partial charge in [-0.1, -0.05) is 0 Å². The minimum absolute atomic E-state index is 0.0594. The Hall–Kier alpha value is -2.56. The lowest BCUT2D eigenvalue weighted by molar-refractivity contribution is -0.209. The summed E-state index contributed by atoms with van der Waals surface area (Å²) >= 11 is 0. The first-order chi connectivity index (χ1) is 16.6. The minimum atomic E-state index is -4.17. The van der Waals surface area contributed by atoms with E-state index in [1.54, 1.807) is 0 Å². The van der Waals surface area contributed by atoms with E-state index in [1.807, 2.05) is 31.6 Å². The Labute approximate surface area is 202 Å². The van der Waals surface area contributed by atoms with Gasteiger partial charge in [0.15, 0.2) is 5.84 Å². The monoisotopic (exact) mass is 489 g/mol. The van der Waals surface area contributed by atoms with E-state index in [9.17, 15) is 13.2 Å². The molecule has 35 heavy (non-hydrogen) atoms.